The fourth-order valence-corrected chi connectivity index (χ4v) is 5.20. The second-order valence-electron chi connectivity index (χ2n) is 6.46. The molecule has 1 fully saturated rings. The molecule has 0 amide bonds. The third kappa shape index (κ3) is 4.05. The van der Waals surface area contributed by atoms with Gasteiger partial charge in [0, 0.05) is 34.9 Å². The van der Waals surface area contributed by atoms with Crippen LogP contribution in [0.2, 0.25) is 5.02 Å². The van der Waals surface area contributed by atoms with Gasteiger partial charge in [0.15, 0.2) is 0 Å². The van der Waals surface area contributed by atoms with Crippen LogP contribution in [0.15, 0.2) is 48.8 Å². The first-order valence-electron chi connectivity index (χ1n) is 7.71. The van der Waals surface area contributed by atoms with Crippen LogP contribution in [0, 0.1) is 5.41 Å². The number of aromatic nitrogens is 1. The topological polar surface area (TPSA) is 43.4 Å². The van der Waals surface area contributed by atoms with E-state index in [1.54, 1.807) is 12.4 Å². The van der Waals surface area contributed by atoms with Crippen LogP contribution in [0.4, 0.5) is 0 Å². The second-order valence-corrected chi connectivity index (χ2v) is 10.1. The third-order valence-electron chi connectivity index (χ3n) is 3.95. The fraction of sp³-hybridized carbons (Fsp3) is 0.353. The largest absolute Gasteiger partial charge is 0.317 e. The number of hydrogen-bond donors (Lipinski definition) is 1. The van der Waals surface area contributed by atoms with Crippen LogP contribution < -0.4 is 5.09 Å². The van der Waals surface area contributed by atoms with Gasteiger partial charge in [-0.2, -0.15) is 0 Å². The number of benzene rings is 1. The van der Waals surface area contributed by atoms with E-state index in [1.807, 2.05) is 36.4 Å². The van der Waals surface area contributed by atoms with Gasteiger partial charge in [-0.05, 0) is 29.5 Å². The molecule has 0 spiro atoms. The van der Waals surface area contributed by atoms with Crippen LogP contribution in [0.25, 0.3) is 0 Å². The molecule has 2 heterocycles. The molecule has 1 saturated heterocycles. The lowest BCUT2D eigenvalue weighted by Gasteiger charge is -2.43. The lowest BCUT2D eigenvalue weighted by atomic mass is 9.83. The molecule has 1 aliphatic heterocycles. The molecular weight excluding hydrogens is 363 g/mol. The minimum Gasteiger partial charge on any atom is -0.317 e. The summed E-state index contributed by atoms with van der Waals surface area (Å²) >= 11 is 12.0. The smallest absolute Gasteiger partial charge is 0.262 e. The molecule has 1 aliphatic rings. The summed E-state index contributed by atoms with van der Waals surface area (Å²) in [5, 5.41) is 3.96. The summed E-state index contributed by atoms with van der Waals surface area (Å²) in [4.78, 5) is 4.11. The number of pyridine rings is 1. The number of nitrogens with one attached hydrogen (secondary N) is 1. The van der Waals surface area contributed by atoms with Crippen molar-refractivity contribution in [2.24, 2.45) is 5.41 Å². The molecule has 1 aromatic carbocycles. The Labute approximate surface area is 152 Å². The zero-order valence-corrected chi connectivity index (χ0v) is 16.1. The normalized spacial score (nSPS) is 26.2. The van der Waals surface area contributed by atoms with Crippen LogP contribution in [0.5, 0.6) is 0 Å². The van der Waals surface area contributed by atoms with Gasteiger partial charge in [0.2, 0.25) is 0 Å². The van der Waals surface area contributed by atoms with Gasteiger partial charge >= 0.3 is 0 Å². The summed E-state index contributed by atoms with van der Waals surface area (Å²) in [6.07, 6.45) is 3.33. The van der Waals surface area contributed by atoms with E-state index < -0.39 is 6.64 Å². The first-order valence-corrected chi connectivity index (χ1v) is 10.7. The molecule has 0 aliphatic carbocycles. The van der Waals surface area contributed by atoms with Crippen molar-refractivity contribution in [1.82, 2.24) is 10.1 Å². The van der Waals surface area contributed by atoms with E-state index in [0.29, 0.717) is 18.2 Å². The van der Waals surface area contributed by atoms with Gasteiger partial charge in [-0.15, -0.1) is 0 Å². The van der Waals surface area contributed by atoms with Crippen molar-refractivity contribution >= 4 is 30.1 Å². The van der Waals surface area contributed by atoms with E-state index in [4.69, 9.17) is 32.5 Å². The molecule has 24 heavy (non-hydrogen) atoms. The van der Waals surface area contributed by atoms with E-state index >= 15 is 0 Å². The summed E-state index contributed by atoms with van der Waals surface area (Å²) in [6.45, 7) is 2.66. The first kappa shape index (κ1) is 18.0. The van der Waals surface area contributed by atoms with Crippen molar-refractivity contribution in [3.8, 4) is 0 Å². The van der Waals surface area contributed by atoms with Gasteiger partial charge in [-0.25, -0.2) is 5.09 Å². The first-order chi connectivity index (χ1) is 11.4. The highest BCUT2D eigenvalue weighted by Gasteiger charge is 2.43. The molecular formula is C17H20ClN2O2PS. The van der Waals surface area contributed by atoms with Gasteiger partial charge in [0.1, 0.15) is 0 Å². The molecule has 128 valence electrons. The Balaban J connectivity index is 1.79. The van der Waals surface area contributed by atoms with E-state index in [-0.39, 0.29) is 11.5 Å². The molecule has 1 aromatic heterocycles. The van der Waals surface area contributed by atoms with Crippen molar-refractivity contribution < 1.29 is 9.05 Å². The molecule has 0 radical (unpaired) electrons. The van der Waals surface area contributed by atoms with Crippen molar-refractivity contribution in [2.45, 2.75) is 26.5 Å². The number of hydrogen-bond acceptors (Lipinski definition) is 4. The van der Waals surface area contributed by atoms with Gasteiger partial charge in [-0.1, -0.05) is 49.7 Å². The van der Waals surface area contributed by atoms with E-state index in [9.17, 15) is 0 Å². The highest BCUT2D eigenvalue weighted by molar-refractivity contribution is 8.09. The molecule has 0 bridgehead atoms. The Kier molecular flexibility index (Phi) is 5.40. The van der Waals surface area contributed by atoms with Crippen LogP contribution in [-0.2, 0) is 27.4 Å². The number of rotatable bonds is 4. The van der Waals surface area contributed by atoms with Crippen LogP contribution in [0.3, 0.4) is 0 Å². The van der Waals surface area contributed by atoms with Crippen molar-refractivity contribution in [3.05, 3.63) is 64.9 Å². The average molecular weight is 383 g/mol. The SMILES string of the molecule is CC1(C)CO[P@@](=S)(NCc2cccnc2)O[C@H]1c1ccccc1Cl. The van der Waals surface area contributed by atoms with Crippen LogP contribution in [-0.4, -0.2) is 11.6 Å². The maximum Gasteiger partial charge on any atom is 0.262 e. The molecule has 0 saturated carbocycles. The Hall–Kier alpha value is -0.810. The zero-order valence-electron chi connectivity index (χ0n) is 13.6. The second kappa shape index (κ2) is 7.20. The molecule has 3 rings (SSSR count). The lowest BCUT2D eigenvalue weighted by Crippen LogP contribution is -2.36. The van der Waals surface area contributed by atoms with Gasteiger partial charge in [-0.3, -0.25) is 4.98 Å². The zero-order chi connectivity index (χ0) is 17.2. The average Bonchev–Trinajstić information content (AvgIpc) is 2.58. The lowest BCUT2D eigenvalue weighted by molar-refractivity contribution is -0.0151. The Morgan fingerprint density at radius 3 is 2.83 bits per heavy atom. The fourth-order valence-electron chi connectivity index (χ4n) is 2.58. The minimum atomic E-state index is -2.60. The molecule has 4 nitrogen and oxygen atoms in total. The quantitative estimate of drug-likeness (QED) is 0.765. The highest BCUT2D eigenvalue weighted by Crippen LogP contribution is 2.59. The molecule has 1 N–H and O–H groups in total. The van der Waals surface area contributed by atoms with E-state index in [2.05, 4.69) is 23.9 Å². The van der Waals surface area contributed by atoms with Crippen molar-refractivity contribution in [2.75, 3.05) is 6.61 Å². The standard InChI is InChI=1S/C17H20ClN2O2PS/c1-17(2)12-21-23(24,20-11-13-6-5-9-19-10-13)22-16(17)14-7-3-4-8-15(14)18/h3-10,16H,11-12H2,1-2H3,(H,20,24)/t16-,23-/m0/s1. The van der Waals surface area contributed by atoms with E-state index in [0.717, 1.165) is 11.1 Å². The Bertz CT molecular complexity index is 757. The molecule has 0 unspecified atom stereocenters. The van der Waals surface area contributed by atoms with Gasteiger partial charge in [0.05, 0.1) is 12.7 Å². The summed E-state index contributed by atoms with van der Waals surface area (Å²) in [7, 11) is 0. The maximum atomic E-state index is 6.38. The highest BCUT2D eigenvalue weighted by atomic mass is 35.5. The Morgan fingerprint density at radius 1 is 1.33 bits per heavy atom. The molecule has 2 atom stereocenters. The molecule has 2 aromatic rings. The van der Waals surface area contributed by atoms with Gasteiger partial charge in [0.25, 0.3) is 6.64 Å². The molecule has 7 heteroatoms. The van der Waals surface area contributed by atoms with Crippen molar-refractivity contribution in [3.63, 3.8) is 0 Å². The predicted octanol–water partition coefficient (Wildman–Crippen LogP) is 4.86. The monoisotopic (exact) mass is 382 g/mol. The third-order valence-corrected chi connectivity index (χ3v) is 6.76. The van der Waals surface area contributed by atoms with Gasteiger partial charge < -0.3 is 9.05 Å². The van der Waals surface area contributed by atoms with Crippen LogP contribution in [0.1, 0.15) is 31.1 Å². The minimum absolute atomic E-state index is 0.216. The summed E-state index contributed by atoms with van der Waals surface area (Å²) in [5.74, 6) is 0. The van der Waals surface area contributed by atoms with Crippen molar-refractivity contribution in [1.29, 1.82) is 0 Å². The van der Waals surface area contributed by atoms with Crippen LogP contribution >= 0.6 is 18.2 Å². The number of nitrogens with zero attached hydrogens (tertiary/aromatic N) is 1. The maximum absolute atomic E-state index is 6.38. The van der Waals surface area contributed by atoms with E-state index in [1.165, 1.54) is 0 Å². The predicted molar refractivity (Wildman–Crippen MR) is 100 cm³/mol. The summed E-state index contributed by atoms with van der Waals surface area (Å²) < 4.78 is 12.2. The summed E-state index contributed by atoms with van der Waals surface area (Å²) in [5.41, 5.74) is 1.77. The number of halogens is 1. The Morgan fingerprint density at radius 2 is 2.12 bits per heavy atom. The summed E-state index contributed by atoms with van der Waals surface area (Å²) in [6, 6.07) is 11.6.